The van der Waals surface area contributed by atoms with Gasteiger partial charge in [-0.15, -0.1) is 0 Å². The van der Waals surface area contributed by atoms with Crippen molar-refractivity contribution in [3.8, 4) is 0 Å². The van der Waals surface area contributed by atoms with Crippen LogP contribution in [0, 0.1) is 0 Å². The van der Waals surface area contributed by atoms with Crippen molar-refractivity contribution in [2.45, 2.75) is 38.3 Å². The molecule has 23 heavy (non-hydrogen) atoms. The Morgan fingerprint density at radius 1 is 1.48 bits per heavy atom. The maximum atomic E-state index is 12.5. The van der Waals surface area contributed by atoms with E-state index in [9.17, 15) is 18.0 Å². The van der Waals surface area contributed by atoms with Gasteiger partial charge in [0.25, 0.3) is 5.91 Å². The summed E-state index contributed by atoms with van der Waals surface area (Å²) in [5.41, 5.74) is 0.291. The summed E-state index contributed by atoms with van der Waals surface area (Å²) >= 11 is 0. The van der Waals surface area contributed by atoms with E-state index in [1.165, 1.54) is 9.91 Å². The second-order valence-electron chi connectivity index (χ2n) is 6.06. The molecule has 2 amide bonds. The highest BCUT2D eigenvalue weighted by Crippen LogP contribution is 2.22. The molecule has 9 heteroatoms. The van der Waals surface area contributed by atoms with Gasteiger partial charge in [-0.2, -0.15) is 5.10 Å². The SMILES string of the molecule is COC[C@H](C)N(C)C(=O)C1=NN([C@@H]2CCS(=O)(=O)C2)C(=O)CC1. The lowest BCUT2D eigenvalue weighted by Gasteiger charge is -2.30. The number of nitrogens with zero attached hydrogens (tertiary/aromatic N) is 3. The average Bonchev–Trinajstić information content (AvgIpc) is 2.86. The first-order valence-electron chi connectivity index (χ1n) is 7.61. The molecule has 0 aromatic carbocycles. The Bertz CT molecular complexity index is 616. The predicted molar refractivity (Wildman–Crippen MR) is 84.7 cm³/mol. The molecule has 2 aliphatic heterocycles. The Kier molecular flexibility index (Phi) is 5.41. The Balaban J connectivity index is 2.14. The standard InChI is InChI=1S/C14H23N3O5S/c1-10(8-22-3)16(2)14(19)12-4-5-13(18)17(15-12)11-6-7-23(20,21)9-11/h10-11H,4-9H2,1-3H3/t10-,11+/m0/s1. The van der Waals surface area contributed by atoms with Crippen molar-refractivity contribution in [1.29, 1.82) is 0 Å². The number of hydrazone groups is 1. The second-order valence-corrected chi connectivity index (χ2v) is 8.29. The van der Waals surface area contributed by atoms with E-state index in [-0.39, 0.29) is 42.2 Å². The molecule has 8 nitrogen and oxygen atoms in total. The fourth-order valence-corrected chi connectivity index (χ4v) is 4.43. The topological polar surface area (TPSA) is 96.3 Å². The van der Waals surface area contributed by atoms with Crippen molar-refractivity contribution in [2.75, 3.05) is 32.3 Å². The summed E-state index contributed by atoms with van der Waals surface area (Å²) in [6, 6.07) is -0.578. The molecule has 0 aromatic heterocycles. The molecule has 2 rings (SSSR count). The van der Waals surface area contributed by atoms with Crippen molar-refractivity contribution in [2.24, 2.45) is 5.10 Å². The minimum absolute atomic E-state index is 0.0605. The smallest absolute Gasteiger partial charge is 0.270 e. The third kappa shape index (κ3) is 4.08. The fraction of sp³-hybridized carbons (Fsp3) is 0.786. The molecule has 2 heterocycles. The lowest BCUT2D eigenvalue weighted by Crippen LogP contribution is -2.46. The number of hydrogen-bond donors (Lipinski definition) is 0. The molecule has 0 aliphatic carbocycles. The first kappa shape index (κ1) is 17.9. The van der Waals surface area contributed by atoms with Crippen molar-refractivity contribution >= 4 is 27.4 Å². The molecule has 1 saturated heterocycles. The van der Waals surface area contributed by atoms with Gasteiger partial charge in [-0.25, -0.2) is 13.4 Å². The maximum absolute atomic E-state index is 12.5. The van der Waals surface area contributed by atoms with E-state index in [1.54, 1.807) is 14.2 Å². The summed E-state index contributed by atoms with van der Waals surface area (Å²) in [4.78, 5) is 26.1. The van der Waals surface area contributed by atoms with Crippen LogP contribution in [0.3, 0.4) is 0 Å². The quantitative estimate of drug-likeness (QED) is 0.678. The molecule has 0 unspecified atom stereocenters. The molecule has 2 aliphatic rings. The number of hydrogen-bond acceptors (Lipinski definition) is 6. The van der Waals surface area contributed by atoms with Gasteiger partial charge in [-0.3, -0.25) is 9.59 Å². The fourth-order valence-electron chi connectivity index (χ4n) is 2.74. The predicted octanol–water partition coefficient (Wildman–Crippen LogP) is -0.355. The van der Waals surface area contributed by atoms with E-state index in [2.05, 4.69) is 5.10 Å². The van der Waals surface area contributed by atoms with Crippen LogP contribution in [0.1, 0.15) is 26.2 Å². The number of ether oxygens (including phenoxy) is 1. The van der Waals surface area contributed by atoms with Gasteiger partial charge in [0.15, 0.2) is 9.84 Å². The summed E-state index contributed by atoms with van der Waals surface area (Å²) in [6.45, 7) is 2.26. The van der Waals surface area contributed by atoms with E-state index >= 15 is 0 Å². The summed E-state index contributed by atoms with van der Waals surface area (Å²) < 4.78 is 28.2. The third-order valence-electron chi connectivity index (χ3n) is 4.25. The van der Waals surface area contributed by atoms with E-state index in [0.717, 1.165) is 0 Å². The lowest BCUT2D eigenvalue weighted by molar-refractivity contribution is -0.134. The van der Waals surface area contributed by atoms with Crippen LogP contribution >= 0.6 is 0 Å². The number of amides is 2. The van der Waals surface area contributed by atoms with Gasteiger partial charge < -0.3 is 9.64 Å². The molecule has 0 aromatic rings. The summed E-state index contributed by atoms with van der Waals surface area (Å²) in [5.74, 6) is -0.505. The zero-order valence-electron chi connectivity index (χ0n) is 13.7. The third-order valence-corrected chi connectivity index (χ3v) is 6.00. The number of carbonyl (C=O) groups excluding carboxylic acids is 2. The van der Waals surface area contributed by atoms with Crippen LogP contribution in [0.25, 0.3) is 0 Å². The number of carbonyl (C=O) groups is 2. The Labute approximate surface area is 136 Å². The van der Waals surface area contributed by atoms with Crippen LogP contribution < -0.4 is 0 Å². The van der Waals surface area contributed by atoms with E-state index in [0.29, 0.717) is 18.7 Å². The molecular weight excluding hydrogens is 322 g/mol. The number of likely N-dealkylation sites (N-methyl/N-ethyl adjacent to an activating group) is 1. The number of sulfone groups is 1. The molecule has 2 atom stereocenters. The Morgan fingerprint density at radius 2 is 2.17 bits per heavy atom. The van der Waals surface area contributed by atoms with Crippen LogP contribution in [-0.4, -0.2) is 80.2 Å². The minimum atomic E-state index is -3.12. The average molecular weight is 345 g/mol. The highest BCUT2D eigenvalue weighted by molar-refractivity contribution is 7.91. The molecule has 0 spiro atoms. The zero-order chi connectivity index (χ0) is 17.2. The van der Waals surface area contributed by atoms with Crippen molar-refractivity contribution in [1.82, 2.24) is 9.91 Å². The first-order valence-corrected chi connectivity index (χ1v) is 9.43. The van der Waals surface area contributed by atoms with E-state index in [4.69, 9.17) is 4.74 Å². The Hall–Kier alpha value is -1.48. The lowest BCUT2D eigenvalue weighted by atomic mass is 10.1. The molecule has 1 fully saturated rings. The van der Waals surface area contributed by atoms with Gasteiger partial charge in [0.2, 0.25) is 5.91 Å². The van der Waals surface area contributed by atoms with Crippen LogP contribution in [0.4, 0.5) is 0 Å². The van der Waals surface area contributed by atoms with Crippen molar-refractivity contribution in [3.63, 3.8) is 0 Å². The van der Waals surface area contributed by atoms with Gasteiger partial charge in [0, 0.05) is 27.0 Å². The van der Waals surface area contributed by atoms with Crippen LogP contribution in [0.5, 0.6) is 0 Å². The molecule has 0 N–H and O–H groups in total. The van der Waals surface area contributed by atoms with Gasteiger partial charge in [-0.1, -0.05) is 0 Å². The summed E-state index contributed by atoms with van der Waals surface area (Å²) in [6.07, 6.45) is 0.820. The molecule has 130 valence electrons. The van der Waals surface area contributed by atoms with E-state index < -0.39 is 15.9 Å². The largest absolute Gasteiger partial charge is 0.383 e. The summed E-state index contributed by atoms with van der Waals surface area (Å²) in [5, 5.41) is 5.38. The second kappa shape index (κ2) is 6.96. The number of methoxy groups -OCH3 is 1. The van der Waals surface area contributed by atoms with Crippen LogP contribution in [0.2, 0.25) is 0 Å². The number of rotatable bonds is 5. The maximum Gasteiger partial charge on any atom is 0.270 e. The molecular formula is C14H23N3O5S. The van der Waals surface area contributed by atoms with E-state index in [1.807, 2.05) is 6.92 Å². The zero-order valence-corrected chi connectivity index (χ0v) is 14.5. The highest BCUT2D eigenvalue weighted by Gasteiger charge is 2.37. The molecule has 0 bridgehead atoms. The first-order chi connectivity index (χ1) is 10.7. The van der Waals surface area contributed by atoms with Crippen molar-refractivity contribution in [3.05, 3.63) is 0 Å². The molecule has 0 saturated carbocycles. The van der Waals surface area contributed by atoms with Gasteiger partial charge >= 0.3 is 0 Å². The highest BCUT2D eigenvalue weighted by atomic mass is 32.2. The monoisotopic (exact) mass is 345 g/mol. The van der Waals surface area contributed by atoms with Crippen LogP contribution in [-0.2, 0) is 24.2 Å². The van der Waals surface area contributed by atoms with Gasteiger partial charge in [0.05, 0.1) is 30.2 Å². The normalized spacial score (nSPS) is 25.2. The minimum Gasteiger partial charge on any atom is -0.383 e. The van der Waals surface area contributed by atoms with Crippen molar-refractivity contribution < 1.29 is 22.7 Å². The van der Waals surface area contributed by atoms with Gasteiger partial charge in [0.1, 0.15) is 5.71 Å². The van der Waals surface area contributed by atoms with Gasteiger partial charge in [-0.05, 0) is 13.3 Å². The summed E-state index contributed by atoms with van der Waals surface area (Å²) in [7, 11) is 0.107. The Morgan fingerprint density at radius 3 is 2.74 bits per heavy atom. The molecule has 0 radical (unpaired) electrons. The van der Waals surface area contributed by atoms with Crippen LogP contribution in [0.15, 0.2) is 5.10 Å².